The standard InChI is InChI=1S/C12H14N4O2/c1-10-8-11(16(17)18)9-14-12(10)13-4-7-15-5-2-3-6-15/h2-3,5-6,8-9H,4,7H2,1H3,(H,13,14). The van der Waals surface area contributed by atoms with Gasteiger partial charge >= 0.3 is 0 Å². The third-order valence-corrected chi connectivity index (χ3v) is 2.60. The third kappa shape index (κ3) is 2.85. The molecule has 18 heavy (non-hydrogen) atoms. The lowest BCUT2D eigenvalue weighted by molar-refractivity contribution is -0.385. The molecule has 0 saturated carbocycles. The van der Waals surface area contributed by atoms with Gasteiger partial charge in [0.1, 0.15) is 12.0 Å². The summed E-state index contributed by atoms with van der Waals surface area (Å²) in [7, 11) is 0. The van der Waals surface area contributed by atoms with Crippen molar-refractivity contribution < 1.29 is 4.92 Å². The van der Waals surface area contributed by atoms with Crippen molar-refractivity contribution >= 4 is 11.5 Å². The van der Waals surface area contributed by atoms with Gasteiger partial charge in [0.25, 0.3) is 5.69 Å². The van der Waals surface area contributed by atoms with Crippen molar-refractivity contribution in [1.82, 2.24) is 9.55 Å². The Kier molecular flexibility index (Phi) is 3.57. The average Bonchev–Trinajstić information content (AvgIpc) is 2.84. The molecule has 6 heteroatoms. The number of hydrogen-bond acceptors (Lipinski definition) is 4. The van der Waals surface area contributed by atoms with Crippen LogP contribution in [0.3, 0.4) is 0 Å². The molecule has 0 aliphatic rings. The van der Waals surface area contributed by atoms with Gasteiger partial charge in [-0.25, -0.2) is 4.98 Å². The fourth-order valence-corrected chi connectivity index (χ4v) is 1.67. The Bertz CT molecular complexity index is 537. The van der Waals surface area contributed by atoms with Crippen LogP contribution in [0.4, 0.5) is 11.5 Å². The summed E-state index contributed by atoms with van der Waals surface area (Å²) in [4.78, 5) is 14.2. The highest BCUT2D eigenvalue weighted by Crippen LogP contribution is 2.17. The molecule has 0 unspecified atom stereocenters. The number of rotatable bonds is 5. The summed E-state index contributed by atoms with van der Waals surface area (Å²) in [6, 6.07) is 5.45. The summed E-state index contributed by atoms with van der Waals surface area (Å²) in [6.07, 6.45) is 5.24. The number of anilines is 1. The molecule has 0 aliphatic carbocycles. The van der Waals surface area contributed by atoms with Crippen molar-refractivity contribution in [3.05, 3.63) is 52.5 Å². The predicted molar refractivity (Wildman–Crippen MR) is 68.6 cm³/mol. The Balaban J connectivity index is 1.95. The van der Waals surface area contributed by atoms with Crippen LogP contribution in [0, 0.1) is 17.0 Å². The number of nitrogens with zero attached hydrogens (tertiary/aromatic N) is 3. The molecule has 0 radical (unpaired) electrons. The molecule has 1 N–H and O–H groups in total. The number of aryl methyl sites for hydroxylation is 1. The minimum absolute atomic E-state index is 0.0171. The van der Waals surface area contributed by atoms with Gasteiger partial charge in [-0.3, -0.25) is 10.1 Å². The van der Waals surface area contributed by atoms with Gasteiger partial charge in [-0.2, -0.15) is 0 Å². The lowest BCUT2D eigenvalue weighted by Crippen LogP contribution is -2.11. The zero-order valence-electron chi connectivity index (χ0n) is 10.0. The first-order valence-electron chi connectivity index (χ1n) is 5.62. The maximum absolute atomic E-state index is 10.6. The number of nitrogens with one attached hydrogen (secondary N) is 1. The third-order valence-electron chi connectivity index (χ3n) is 2.60. The number of pyridine rings is 1. The van der Waals surface area contributed by atoms with Gasteiger partial charge in [-0.05, 0) is 24.6 Å². The van der Waals surface area contributed by atoms with Crippen LogP contribution in [0.25, 0.3) is 0 Å². The van der Waals surface area contributed by atoms with E-state index in [1.807, 2.05) is 29.1 Å². The molecule has 2 aromatic rings. The quantitative estimate of drug-likeness (QED) is 0.648. The highest BCUT2D eigenvalue weighted by atomic mass is 16.6. The molecule has 0 amide bonds. The second-order valence-corrected chi connectivity index (χ2v) is 3.96. The van der Waals surface area contributed by atoms with E-state index in [9.17, 15) is 10.1 Å². The molecular formula is C12H14N4O2. The van der Waals surface area contributed by atoms with E-state index in [2.05, 4.69) is 10.3 Å². The number of nitro groups is 1. The molecule has 0 atom stereocenters. The first kappa shape index (κ1) is 12.1. The summed E-state index contributed by atoms with van der Waals surface area (Å²) in [6.45, 7) is 3.35. The van der Waals surface area contributed by atoms with E-state index in [4.69, 9.17) is 0 Å². The topological polar surface area (TPSA) is 73.0 Å². The first-order chi connectivity index (χ1) is 8.66. The Morgan fingerprint density at radius 1 is 1.44 bits per heavy atom. The van der Waals surface area contributed by atoms with E-state index in [1.165, 1.54) is 12.3 Å². The largest absolute Gasteiger partial charge is 0.368 e. The van der Waals surface area contributed by atoms with Gasteiger partial charge in [0.2, 0.25) is 0 Å². The molecule has 2 heterocycles. The van der Waals surface area contributed by atoms with Gasteiger partial charge in [0, 0.05) is 31.5 Å². The van der Waals surface area contributed by atoms with E-state index in [-0.39, 0.29) is 5.69 Å². The van der Waals surface area contributed by atoms with Crippen molar-refractivity contribution in [2.75, 3.05) is 11.9 Å². The van der Waals surface area contributed by atoms with Gasteiger partial charge in [-0.1, -0.05) is 0 Å². The molecule has 0 bridgehead atoms. The molecule has 0 aromatic carbocycles. The maximum Gasteiger partial charge on any atom is 0.287 e. The van der Waals surface area contributed by atoms with Crippen molar-refractivity contribution in [3.8, 4) is 0 Å². The van der Waals surface area contributed by atoms with Crippen molar-refractivity contribution in [3.63, 3.8) is 0 Å². The fraction of sp³-hybridized carbons (Fsp3) is 0.250. The molecule has 2 aromatic heterocycles. The Hall–Kier alpha value is -2.37. The predicted octanol–water partition coefficient (Wildman–Crippen LogP) is 2.21. The Morgan fingerprint density at radius 3 is 2.78 bits per heavy atom. The summed E-state index contributed by atoms with van der Waals surface area (Å²) < 4.78 is 2.05. The minimum Gasteiger partial charge on any atom is -0.368 e. The monoisotopic (exact) mass is 246 g/mol. The molecule has 0 spiro atoms. The summed E-state index contributed by atoms with van der Waals surface area (Å²) >= 11 is 0. The van der Waals surface area contributed by atoms with Crippen molar-refractivity contribution in [1.29, 1.82) is 0 Å². The first-order valence-corrected chi connectivity index (χ1v) is 5.62. The Labute approximate surface area is 104 Å². The van der Waals surface area contributed by atoms with Gasteiger partial charge < -0.3 is 9.88 Å². The van der Waals surface area contributed by atoms with Gasteiger partial charge in [-0.15, -0.1) is 0 Å². The van der Waals surface area contributed by atoms with Crippen LogP contribution in [0.15, 0.2) is 36.8 Å². The van der Waals surface area contributed by atoms with E-state index >= 15 is 0 Å². The average molecular weight is 246 g/mol. The lowest BCUT2D eigenvalue weighted by atomic mass is 10.2. The van der Waals surface area contributed by atoms with Crippen LogP contribution >= 0.6 is 0 Å². The number of hydrogen-bond donors (Lipinski definition) is 1. The second-order valence-electron chi connectivity index (χ2n) is 3.96. The van der Waals surface area contributed by atoms with Crippen LogP contribution in [0.1, 0.15) is 5.56 Å². The lowest BCUT2D eigenvalue weighted by Gasteiger charge is -2.08. The number of aromatic nitrogens is 2. The summed E-state index contributed by atoms with van der Waals surface area (Å²) in [5.74, 6) is 0.688. The van der Waals surface area contributed by atoms with Crippen LogP contribution in [0.5, 0.6) is 0 Å². The van der Waals surface area contributed by atoms with Crippen molar-refractivity contribution in [2.45, 2.75) is 13.5 Å². The second kappa shape index (κ2) is 5.31. The zero-order valence-corrected chi connectivity index (χ0v) is 10.0. The fourth-order valence-electron chi connectivity index (χ4n) is 1.67. The molecule has 0 saturated heterocycles. The summed E-state index contributed by atoms with van der Waals surface area (Å²) in [5.41, 5.74) is 0.792. The molecular weight excluding hydrogens is 232 g/mol. The van der Waals surface area contributed by atoms with E-state index in [0.29, 0.717) is 5.82 Å². The van der Waals surface area contributed by atoms with Crippen LogP contribution < -0.4 is 5.32 Å². The highest BCUT2D eigenvalue weighted by Gasteiger charge is 2.08. The SMILES string of the molecule is Cc1cc([N+](=O)[O-])cnc1NCCn1cccc1. The van der Waals surface area contributed by atoms with E-state index in [0.717, 1.165) is 18.7 Å². The molecule has 0 aliphatic heterocycles. The van der Waals surface area contributed by atoms with Gasteiger partial charge in [0.05, 0.1) is 4.92 Å². The van der Waals surface area contributed by atoms with E-state index in [1.54, 1.807) is 6.92 Å². The van der Waals surface area contributed by atoms with E-state index < -0.39 is 4.92 Å². The van der Waals surface area contributed by atoms with Crippen LogP contribution in [-0.4, -0.2) is 21.0 Å². The summed E-state index contributed by atoms with van der Waals surface area (Å²) in [5, 5.41) is 13.7. The van der Waals surface area contributed by atoms with Gasteiger partial charge in [0.15, 0.2) is 0 Å². The molecule has 6 nitrogen and oxygen atoms in total. The highest BCUT2D eigenvalue weighted by molar-refractivity contribution is 5.48. The van der Waals surface area contributed by atoms with Crippen molar-refractivity contribution in [2.24, 2.45) is 0 Å². The zero-order chi connectivity index (χ0) is 13.0. The molecule has 0 fully saturated rings. The molecule has 2 rings (SSSR count). The van der Waals surface area contributed by atoms with Crippen LogP contribution in [0.2, 0.25) is 0 Å². The smallest absolute Gasteiger partial charge is 0.287 e. The normalized spacial score (nSPS) is 10.3. The minimum atomic E-state index is -0.441. The molecule has 94 valence electrons. The maximum atomic E-state index is 10.6. The Morgan fingerprint density at radius 2 is 2.17 bits per heavy atom. The van der Waals surface area contributed by atoms with Crippen LogP contribution in [-0.2, 0) is 6.54 Å².